The van der Waals surface area contributed by atoms with Crippen molar-refractivity contribution in [3.63, 3.8) is 0 Å². The van der Waals surface area contributed by atoms with Crippen molar-refractivity contribution in [3.8, 4) is 5.75 Å². The Kier molecular flexibility index (Phi) is 7.55. The highest BCUT2D eigenvalue weighted by Crippen LogP contribution is 2.29. The molecule has 0 bridgehead atoms. The maximum absolute atomic E-state index is 12.4. The van der Waals surface area contributed by atoms with Gasteiger partial charge in [0.2, 0.25) is 5.91 Å². The number of nitrogens with zero attached hydrogens (tertiary/aromatic N) is 1. The second-order valence-corrected chi connectivity index (χ2v) is 7.18. The summed E-state index contributed by atoms with van der Waals surface area (Å²) >= 11 is 1.06. The highest BCUT2D eigenvalue weighted by atomic mass is 35.5. The fourth-order valence-electron chi connectivity index (χ4n) is 2.13. The number of hydrogen-bond acceptors (Lipinski definition) is 6. The molecule has 0 spiro atoms. The molecular formula is C17H23ClN4O3S. The molecule has 9 heteroatoms. The van der Waals surface area contributed by atoms with E-state index < -0.39 is 6.04 Å². The SMILES string of the molecule is Cc1ccc(O)c(C)c1NC(=O)c1cnc(NC(=O)[C@@H](N)C(C)C)s1.Cl. The number of carbonyl (C=O) groups excluding carboxylic acids is 2. The van der Waals surface area contributed by atoms with Gasteiger partial charge in [0.25, 0.3) is 5.91 Å². The number of amides is 2. The Hall–Kier alpha value is -2.16. The lowest BCUT2D eigenvalue weighted by atomic mass is 10.1. The van der Waals surface area contributed by atoms with E-state index in [-0.39, 0.29) is 35.9 Å². The molecule has 26 heavy (non-hydrogen) atoms. The van der Waals surface area contributed by atoms with Gasteiger partial charge >= 0.3 is 0 Å². The number of aryl methyl sites for hydroxylation is 1. The number of phenolic OH excluding ortho intramolecular Hbond substituents is 1. The van der Waals surface area contributed by atoms with Gasteiger partial charge in [-0.1, -0.05) is 31.3 Å². The zero-order valence-electron chi connectivity index (χ0n) is 15.0. The van der Waals surface area contributed by atoms with E-state index in [1.807, 2.05) is 20.8 Å². The minimum absolute atomic E-state index is 0. The number of rotatable bonds is 5. The average molecular weight is 399 g/mol. The topological polar surface area (TPSA) is 117 Å². The number of phenols is 1. The molecular weight excluding hydrogens is 376 g/mol. The van der Waals surface area contributed by atoms with E-state index in [1.165, 1.54) is 6.20 Å². The van der Waals surface area contributed by atoms with E-state index in [2.05, 4.69) is 15.6 Å². The van der Waals surface area contributed by atoms with Crippen molar-refractivity contribution in [2.24, 2.45) is 11.7 Å². The average Bonchev–Trinajstić information content (AvgIpc) is 3.02. The second kappa shape index (κ2) is 8.98. The Morgan fingerprint density at radius 3 is 2.50 bits per heavy atom. The fraction of sp³-hybridized carbons (Fsp3) is 0.353. The quantitative estimate of drug-likeness (QED) is 0.617. The van der Waals surface area contributed by atoms with Crippen LogP contribution in [0.3, 0.4) is 0 Å². The first kappa shape index (κ1) is 21.9. The molecule has 1 aromatic heterocycles. The van der Waals surface area contributed by atoms with Gasteiger partial charge < -0.3 is 21.5 Å². The molecule has 5 N–H and O–H groups in total. The van der Waals surface area contributed by atoms with Crippen LogP contribution in [0.1, 0.15) is 34.6 Å². The number of anilines is 2. The van der Waals surface area contributed by atoms with Crippen LogP contribution < -0.4 is 16.4 Å². The normalized spacial score (nSPS) is 11.6. The van der Waals surface area contributed by atoms with Crippen LogP contribution in [0.5, 0.6) is 5.75 Å². The van der Waals surface area contributed by atoms with Crippen LogP contribution in [0.4, 0.5) is 10.8 Å². The van der Waals surface area contributed by atoms with Gasteiger partial charge in [-0.15, -0.1) is 12.4 Å². The van der Waals surface area contributed by atoms with Gasteiger partial charge in [-0.05, 0) is 31.4 Å². The van der Waals surface area contributed by atoms with Crippen LogP contribution in [0, 0.1) is 19.8 Å². The summed E-state index contributed by atoms with van der Waals surface area (Å²) in [5.74, 6) is -0.584. The highest BCUT2D eigenvalue weighted by Gasteiger charge is 2.20. The van der Waals surface area contributed by atoms with Gasteiger partial charge in [0, 0.05) is 5.56 Å². The number of nitrogens with two attached hydrogens (primary N) is 1. The van der Waals surface area contributed by atoms with Crippen LogP contribution >= 0.6 is 23.7 Å². The van der Waals surface area contributed by atoms with Gasteiger partial charge in [-0.2, -0.15) is 0 Å². The maximum atomic E-state index is 12.4. The van der Waals surface area contributed by atoms with Crippen LogP contribution in [0.2, 0.25) is 0 Å². The summed E-state index contributed by atoms with van der Waals surface area (Å²) in [6, 6.07) is 2.67. The van der Waals surface area contributed by atoms with E-state index in [4.69, 9.17) is 5.73 Å². The van der Waals surface area contributed by atoms with Crippen molar-refractivity contribution in [2.45, 2.75) is 33.7 Å². The molecule has 142 valence electrons. The Morgan fingerprint density at radius 1 is 1.23 bits per heavy atom. The third-order valence-electron chi connectivity index (χ3n) is 3.86. The molecule has 1 heterocycles. The monoisotopic (exact) mass is 398 g/mol. The van der Waals surface area contributed by atoms with E-state index >= 15 is 0 Å². The molecule has 0 aliphatic rings. The number of aromatic nitrogens is 1. The largest absolute Gasteiger partial charge is 0.508 e. The Morgan fingerprint density at radius 2 is 1.88 bits per heavy atom. The third-order valence-corrected chi connectivity index (χ3v) is 4.78. The zero-order valence-corrected chi connectivity index (χ0v) is 16.6. The first-order chi connectivity index (χ1) is 11.7. The molecule has 2 aromatic rings. The summed E-state index contributed by atoms with van der Waals surface area (Å²) in [6.45, 7) is 7.27. The molecule has 0 aliphatic heterocycles. The van der Waals surface area contributed by atoms with Crippen molar-refractivity contribution >= 4 is 46.4 Å². The Bertz CT molecular complexity index is 807. The fourth-order valence-corrected chi connectivity index (χ4v) is 2.85. The summed E-state index contributed by atoms with van der Waals surface area (Å²) in [6.07, 6.45) is 1.39. The third kappa shape index (κ3) is 4.94. The molecule has 0 saturated carbocycles. The first-order valence-corrected chi connectivity index (χ1v) is 8.65. The number of thiazole rings is 1. The number of benzene rings is 1. The number of carbonyl (C=O) groups is 2. The number of aromatic hydroxyl groups is 1. The van der Waals surface area contributed by atoms with Gasteiger partial charge in [0.05, 0.1) is 17.9 Å². The molecule has 0 fully saturated rings. The van der Waals surface area contributed by atoms with E-state index in [1.54, 1.807) is 19.1 Å². The summed E-state index contributed by atoms with van der Waals surface area (Å²) in [5.41, 5.74) is 7.78. The summed E-state index contributed by atoms with van der Waals surface area (Å²) < 4.78 is 0. The molecule has 2 rings (SSSR count). The smallest absolute Gasteiger partial charge is 0.267 e. The van der Waals surface area contributed by atoms with Crippen molar-refractivity contribution in [1.29, 1.82) is 0 Å². The first-order valence-electron chi connectivity index (χ1n) is 7.83. The lowest BCUT2D eigenvalue weighted by Crippen LogP contribution is -2.39. The number of halogens is 1. The predicted octanol–water partition coefficient (Wildman–Crippen LogP) is 3.06. The van der Waals surface area contributed by atoms with Crippen LogP contribution in [-0.4, -0.2) is 27.9 Å². The second-order valence-electron chi connectivity index (χ2n) is 6.14. The lowest BCUT2D eigenvalue weighted by molar-refractivity contribution is -0.118. The maximum Gasteiger partial charge on any atom is 0.267 e. The Balaban J connectivity index is 0.00000338. The predicted molar refractivity (Wildman–Crippen MR) is 106 cm³/mol. The van der Waals surface area contributed by atoms with Gasteiger partial charge in [-0.25, -0.2) is 4.98 Å². The molecule has 2 amide bonds. The number of nitrogens with one attached hydrogen (secondary N) is 2. The van der Waals surface area contributed by atoms with Crippen LogP contribution in [0.15, 0.2) is 18.3 Å². The van der Waals surface area contributed by atoms with E-state index in [9.17, 15) is 14.7 Å². The van der Waals surface area contributed by atoms with E-state index in [0.717, 1.165) is 16.9 Å². The van der Waals surface area contributed by atoms with Crippen molar-refractivity contribution in [1.82, 2.24) is 4.98 Å². The molecule has 0 unspecified atom stereocenters. The molecule has 0 saturated heterocycles. The van der Waals surface area contributed by atoms with Gasteiger partial charge in [-0.3, -0.25) is 9.59 Å². The molecule has 0 radical (unpaired) electrons. The van der Waals surface area contributed by atoms with Gasteiger partial charge in [0.1, 0.15) is 10.6 Å². The van der Waals surface area contributed by atoms with Crippen LogP contribution in [-0.2, 0) is 4.79 Å². The molecule has 0 aliphatic carbocycles. The minimum Gasteiger partial charge on any atom is -0.508 e. The molecule has 1 aromatic carbocycles. The number of hydrogen-bond donors (Lipinski definition) is 4. The standard InChI is InChI=1S/C17H22N4O3S.ClH/c1-8(2)13(18)16(24)21-17-19-7-12(25-17)15(23)20-14-9(3)5-6-11(22)10(14)4;/h5-8,13,22H,18H2,1-4H3,(H,20,23)(H,19,21,24);1H/t13-;/m0./s1. The van der Waals surface area contributed by atoms with Gasteiger partial charge in [0.15, 0.2) is 5.13 Å². The molecule has 1 atom stereocenters. The lowest BCUT2D eigenvalue weighted by Gasteiger charge is -2.13. The Labute approximate surface area is 162 Å². The van der Waals surface area contributed by atoms with Crippen molar-refractivity contribution in [3.05, 3.63) is 34.3 Å². The molecule has 7 nitrogen and oxygen atoms in total. The van der Waals surface area contributed by atoms with E-state index in [0.29, 0.717) is 21.3 Å². The van der Waals surface area contributed by atoms with Crippen molar-refractivity contribution < 1.29 is 14.7 Å². The summed E-state index contributed by atoms with van der Waals surface area (Å²) in [4.78, 5) is 28.8. The zero-order chi connectivity index (χ0) is 18.7. The van der Waals surface area contributed by atoms with Crippen LogP contribution in [0.25, 0.3) is 0 Å². The summed E-state index contributed by atoms with van der Waals surface area (Å²) in [7, 11) is 0. The van der Waals surface area contributed by atoms with Crippen molar-refractivity contribution in [2.75, 3.05) is 10.6 Å². The minimum atomic E-state index is -0.640. The highest BCUT2D eigenvalue weighted by molar-refractivity contribution is 7.17. The summed E-state index contributed by atoms with van der Waals surface area (Å²) in [5, 5.41) is 15.5.